The lowest BCUT2D eigenvalue weighted by atomic mass is 9.92. The van der Waals surface area contributed by atoms with E-state index in [1.54, 1.807) is 18.2 Å². The summed E-state index contributed by atoms with van der Waals surface area (Å²) in [6, 6.07) is 7.20. The van der Waals surface area contributed by atoms with E-state index < -0.39 is 16.1 Å². The number of carbonyl (C=O) groups excluding carboxylic acids is 1. The van der Waals surface area contributed by atoms with Crippen LogP contribution < -0.4 is 5.32 Å². The molecule has 1 unspecified atom stereocenters. The highest BCUT2D eigenvalue weighted by atomic mass is 35.5. The van der Waals surface area contributed by atoms with Gasteiger partial charge in [0.1, 0.15) is 11.0 Å². The van der Waals surface area contributed by atoms with Gasteiger partial charge in [0.2, 0.25) is 10.0 Å². The zero-order valence-corrected chi connectivity index (χ0v) is 19.4. The first kappa shape index (κ1) is 23.0. The van der Waals surface area contributed by atoms with Crippen molar-refractivity contribution in [3.63, 3.8) is 0 Å². The Bertz CT molecular complexity index is 867. The molecule has 2 heterocycles. The third-order valence-electron chi connectivity index (χ3n) is 6.74. The second kappa shape index (κ2) is 10.2. The Kier molecular flexibility index (Phi) is 7.54. The molecule has 1 amide bonds. The van der Waals surface area contributed by atoms with Crippen molar-refractivity contribution < 1.29 is 17.9 Å². The van der Waals surface area contributed by atoms with Crippen molar-refractivity contribution in [3.05, 3.63) is 29.3 Å². The summed E-state index contributed by atoms with van der Waals surface area (Å²) in [4.78, 5) is 15.5. The van der Waals surface area contributed by atoms with Gasteiger partial charge in [-0.25, -0.2) is 8.42 Å². The number of hydrogen-bond donors (Lipinski definition) is 1. The summed E-state index contributed by atoms with van der Waals surface area (Å²) < 4.78 is 32.9. The minimum atomic E-state index is -3.78. The van der Waals surface area contributed by atoms with E-state index in [0.29, 0.717) is 6.04 Å². The summed E-state index contributed by atoms with van der Waals surface area (Å²) in [6.07, 6.45) is 7.65. The highest BCUT2D eigenvalue weighted by Crippen LogP contribution is 2.27. The van der Waals surface area contributed by atoms with Crippen LogP contribution >= 0.6 is 11.6 Å². The van der Waals surface area contributed by atoms with E-state index >= 15 is 0 Å². The Labute approximate surface area is 190 Å². The first-order valence-electron chi connectivity index (χ1n) is 11.4. The van der Waals surface area contributed by atoms with Crippen LogP contribution in [0, 0.1) is 0 Å². The third kappa shape index (κ3) is 5.42. The second-order valence-corrected chi connectivity index (χ2v) is 11.1. The highest BCUT2D eigenvalue weighted by Gasteiger charge is 2.36. The monoisotopic (exact) mass is 469 g/mol. The van der Waals surface area contributed by atoms with Gasteiger partial charge in [-0.2, -0.15) is 4.31 Å². The molecule has 1 aromatic carbocycles. The molecule has 9 heteroatoms. The average Bonchev–Trinajstić information content (AvgIpc) is 2.80. The molecule has 1 N–H and O–H groups in total. The van der Waals surface area contributed by atoms with Crippen LogP contribution in [-0.4, -0.2) is 74.5 Å². The fourth-order valence-corrected chi connectivity index (χ4v) is 6.86. The van der Waals surface area contributed by atoms with Gasteiger partial charge < -0.3 is 15.0 Å². The number of sulfonamides is 1. The van der Waals surface area contributed by atoms with Gasteiger partial charge in [0, 0.05) is 38.3 Å². The van der Waals surface area contributed by atoms with Crippen LogP contribution in [0.4, 0.5) is 0 Å². The van der Waals surface area contributed by atoms with Gasteiger partial charge in [-0.1, -0.05) is 43.0 Å². The maximum atomic E-state index is 13.0. The normalized spacial score (nSPS) is 25.4. The number of ether oxygens (including phenoxy) is 1. The Balaban J connectivity index is 1.31. The summed E-state index contributed by atoms with van der Waals surface area (Å²) in [5.74, 6) is -0.227. The Morgan fingerprint density at radius 3 is 2.45 bits per heavy atom. The van der Waals surface area contributed by atoms with Crippen LogP contribution in [-0.2, 0) is 19.6 Å². The van der Waals surface area contributed by atoms with E-state index in [2.05, 4.69) is 10.2 Å². The Morgan fingerprint density at radius 2 is 1.74 bits per heavy atom. The fourth-order valence-electron chi connectivity index (χ4n) is 4.94. The largest absolute Gasteiger partial charge is 0.366 e. The molecule has 3 aliphatic rings. The third-order valence-corrected chi connectivity index (χ3v) is 9.11. The van der Waals surface area contributed by atoms with Crippen LogP contribution in [0.3, 0.4) is 0 Å². The van der Waals surface area contributed by atoms with E-state index in [1.807, 2.05) is 0 Å². The predicted octanol–water partition coefficient (Wildman–Crippen LogP) is 2.64. The summed E-state index contributed by atoms with van der Waals surface area (Å²) in [5, 5.41) is 3.28. The number of hydrogen-bond acceptors (Lipinski definition) is 5. The van der Waals surface area contributed by atoms with Gasteiger partial charge in [0.25, 0.3) is 5.91 Å². The number of likely N-dealkylation sites (tertiary alicyclic amines) is 1. The SMILES string of the molecule is O=C(NC1CCN(C2CCCCC2)CC1)C1CN(S(=O)(=O)c2ccccc2Cl)CCO1. The molecule has 3 fully saturated rings. The van der Waals surface area contributed by atoms with Gasteiger partial charge in [-0.15, -0.1) is 0 Å². The van der Waals surface area contributed by atoms with Crippen molar-refractivity contribution in [2.75, 3.05) is 32.8 Å². The van der Waals surface area contributed by atoms with Gasteiger partial charge in [0.05, 0.1) is 11.6 Å². The van der Waals surface area contributed by atoms with Crippen molar-refractivity contribution in [1.82, 2.24) is 14.5 Å². The average molecular weight is 470 g/mol. The van der Waals surface area contributed by atoms with Gasteiger partial charge in [-0.3, -0.25) is 4.79 Å². The second-order valence-electron chi connectivity index (χ2n) is 8.76. The summed E-state index contributed by atoms with van der Waals surface area (Å²) in [5.41, 5.74) is 0. The lowest BCUT2D eigenvalue weighted by Crippen LogP contribution is -2.55. The summed E-state index contributed by atoms with van der Waals surface area (Å²) in [6.45, 7) is 2.40. The lowest BCUT2D eigenvalue weighted by molar-refractivity contribution is -0.137. The zero-order chi connectivity index (χ0) is 21.8. The molecule has 0 bridgehead atoms. The molecule has 0 radical (unpaired) electrons. The van der Waals surface area contributed by atoms with Crippen LogP contribution in [0.15, 0.2) is 29.2 Å². The van der Waals surface area contributed by atoms with E-state index in [9.17, 15) is 13.2 Å². The molecule has 172 valence electrons. The van der Waals surface area contributed by atoms with Crippen LogP contribution in [0.5, 0.6) is 0 Å². The number of morpholine rings is 1. The van der Waals surface area contributed by atoms with E-state index in [1.165, 1.54) is 42.5 Å². The number of amides is 1. The minimum Gasteiger partial charge on any atom is -0.366 e. The number of nitrogens with zero attached hydrogens (tertiary/aromatic N) is 2. The number of halogens is 1. The maximum Gasteiger partial charge on any atom is 0.250 e. The molecule has 31 heavy (non-hydrogen) atoms. The topological polar surface area (TPSA) is 79.0 Å². The molecule has 1 atom stereocenters. The molecule has 1 saturated carbocycles. The van der Waals surface area contributed by atoms with Crippen LogP contribution in [0.25, 0.3) is 0 Å². The van der Waals surface area contributed by atoms with Crippen molar-refractivity contribution in [1.29, 1.82) is 0 Å². The molecule has 2 aliphatic heterocycles. The minimum absolute atomic E-state index is 0.000306. The summed E-state index contributed by atoms with van der Waals surface area (Å²) >= 11 is 6.10. The molecule has 1 aromatic rings. The van der Waals surface area contributed by atoms with Crippen LogP contribution in [0.1, 0.15) is 44.9 Å². The Hall–Kier alpha value is -1.19. The van der Waals surface area contributed by atoms with Crippen molar-refractivity contribution in [2.24, 2.45) is 0 Å². The fraction of sp³-hybridized carbons (Fsp3) is 0.682. The number of piperidine rings is 1. The first-order valence-corrected chi connectivity index (χ1v) is 13.2. The molecule has 2 saturated heterocycles. The maximum absolute atomic E-state index is 13.0. The van der Waals surface area contributed by atoms with Crippen molar-refractivity contribution in [2.45, 2.75) is 68.0 Å². The van der Waals surface area contributed by atoms with E-state index in [4.69, 9.17) is 16.3 Å². The number of rotatable bonds is 5. The smallest absolute Gasteiger partial charge is 0.250 e. The molecule has 7 nitrogen and oxygen atoms in total. The summed E-state index contributed by atoms with van der Waals surface area (Å²) in [7, 11) is -3.78. The number of nitrogens with one attached hydrogen (secondary N) is 1. The van der Waals surface area contributed by atoms with Gasteiger partial charge in [-0.05, 0) is 37.8 Å². The Morgan fingerprint density at radius 1 is 1.03 bits per heavy atom. The molecule has 0 spiro atoms. The lowest BCUT2D eigenvalue weighted by Gasteiger charge is -2.40. The van der Waals surface area contributed by atoms with Gasteiger partial charge >= 0.3 is 0 Å². The molecular weight excluding hydrogens is 438 g/mol. The van der Waals surface area contributed by atoms with E-state index in [-0.39, 0.29) is 41.6 Å². The molecule has 4 rings (SSSR count). The standard InChI is InChI=1S/C22H32ClN3O4S/c23-19-8-4-5-9-21(19)31(28,29)26-14-15-30-20(16-26)22(27)24-17-10-12-25(13-11-17)18-6-2-1-3-7-18/h4-5,8-9,17-18,20H,1-3,6-7,10-16H2,(H,24,27). The van der Waals surface area contributed by atoms with Crippen molar-refractivity contribution >= 4 is 27.5 Å². The first-order chi connectivity index (χ1) is 14.9. The molecule has 1 aliphatic carbocycles. The van der Waals surface area contributed by atoms with Gasteiger partial charge in [0.15, 0.2) is 0 Å². The number of carbonyl (C=O) groups is 1. The molecular formula is C22H32ClN3O4S. The van der Waals surface area contributed by atoms with Crippen molar-refractivity contribution in [3.8, 4) is 0 Å². The highest BCUT2D eigenvalue weighted by molar-refractivity contribution is 7.89. The number of benzene rings is 1. The molecule has 0 aromatic heterocycles. The zero-order valence-electron chi connectivity index (χ0n) is 17.8. The quantitative estimate of drug-likeness (QED) is 0.717. The van der Waals surface area contributed by atoms with Crippen LogP contribution in [0.2, 0.25) is 5.02 Å². The van der Waals surface area contributed by atoms with E-state index in [0.717, 1.165) is 25.9 Å². The predicted molar refractivity (Wildman–Crippen MR) is 120 cm³/mol.